The second-order valence-corrected chi connectivity index (χ2v) is 7.12. The van der Waals surface area contributed by atoms with Crippen molar-refractivity contribution in [2.45, 2.75) is 6.42 Å². The van der Waals surface area contributed by atoms with Crippen molar-refractivity contribution in [3.8, 4) is 5.75 Å². The summed E-state index contributed by atoms with van der Waals surface area (Å²) in [5.74, 6) is -0.00593. The fraction of sp³-hybridized carbons (Fsp3) is 0.0909. The molecule has 2 aliphatic rings. The van der Waals surface area contributed by atoms with Gasteiger partial charge in [-0.2, -0.15) is 0 Å². The maximum atomic E-state index is 12.9. The van der Waals surface area contributed by atoms with E-state index in [9.17, 15) is 9.59 Å². The molecule has 0 bridgehead atoms. The van der Waals surface area contributed by atoms with Gasteiger partial charge in [0, 0.05) is 50.7 Å². The highest BCUT2D eigenvalue weighted by Gasteiger charge is 2.39. The van der Waals surface area contributed by atoms with Crippen LogP contribution in [0.4, 0.5) is 0 Å². The van der Waals surface area contributed by atoms with Crippen molar-refractivity contribution in [3.05, 3.63) is 65.0 Å². The van der Waals surface area contributed by atoms with Crippen molar-refractivity contribution in [1.82, 2.24) is 15.3 Å². The molecule has 0 radical (unpaired) electrons. The Morgan fingerprint density at radius 1 is 0.821 bits per heavy atom. The van der Waals surface area contributed by atoms with Crippen LogP contribution >= 0.6 is 0 Å². The van der Waals surface area contributed by atoms with Crippen LogP contribution in [0, 0.1) is 0 Å². The van der Waals surface area contributed by atoms with Gasteiger partial charge < -0.3 is 14.7 Å². The Labute approximate surface area is 159 Å². The molecule has 2 aromatic heterocycles. The molecule has 3 N–H and O–H groups in total. The summed E-state index contributed by atoms with van der Waals surface area (Å²) >= 11 is 0. The average molecular weight is 369 g/mol. The van der Waals surface area contributed by atoms with E-state index >= 15 is 0 Å². The summed E-state index contributed by atoms with van der Waals surface area (Å²) in [6.45, 7) is 0. The topological polar surface area (TPSA) is 87.0 Å². The summed E-state index contributed by atoms with van der Waals surface area (Å²) in [6, 6.07) is 13.6. The molecule has 0 saturated carbocycles. The molecule has 2 amide bonds. The molecular weight excluding hydrogens is 354 g/mol. The van der Waals surface area contributed by atoms with E-state index in [1.54, 1.807) is 7.11 Å². The third-order valence-corrected chi connectivity index (χ3v) is 5.65. The molecule has 4 aromatic rings. The van der Waals surface area contributed by atoms with E-state index in [0.717, 1.165) is 44.3 Å². The van der Waals surface area contributed by atoms with Gasteiger partial charge in [-0.05, 0) is 24.3 Å². The van der Waals surface area contributed by atoms with Crippen molar-refractivity contribution < 1.29 is 14.3 Å². The zero-order valence-electron chi connectivity index (χ0n) is 15.0. The van der Waals surface area contributed by atoms with Crippen LogP contribution in [-0.4, -0.2) is 28.9 Å². The number of H-pyrrole nitrogens is 2. The Kier molecular flexibility index (Phi) is 2.80. The van der Waals surface area contributed by atoms with E-state index in [4.69, 9.17) is 4.74 Å². The zero-order chi connectivity index (χ0) is 19.0. The van der Waals surface area contributed by atoms with Gasteiger partial charge >= 0.3 is 0 Å². The first-order valence-corrected chi connectivity index (χ1v) is 9.04. The lowest BCUT2D eigenvalue weighted by Crippen LogP contribution is -2.23. The number of aromatic amines is 2. The van der Waals surface area contributed by atoms with E-state index in [1.165, 1.54) is 0 Å². The van der Waals surface area contributed by atoms with E-state index < -0.39 is 0 Å². The number of hydrogen-bond acceptors (Lipinski definition) is 3. The summed E-state index contributed by atoms with van der Waals surface area (Å²) in [5, 5.41) is 4.32. The standard InChI is InChI=1S/C22H15N3O3/c1-28-10-6-7-14-12(8-10)18-16(24-14)9-15-17(11-4-2-3-5-13(11)23-15)19-20(18)22(27)25-21(19)26/h2-8,23-24H,9H2,1H3,(H,25,26,27). The lowest BCUT2D eigenvalue weighted by molar-refractivity contribution is -0.122. The normalized spacial score (nSPS) is 15.5. The highest BCUT2D eigenvalue weighted by Crippen LogP contribution is 2.44. The number of aromatic nitrogens is 2. The second kappa shape index (κ2) is 5.13. The number of imide groups is 1. The van der Waals surface area contributed by atoms with E-state index in [-0.39, 0.29) is 11.8 Å². The van der Waals surface area contributed by atoms with Gasteiger partial charge in [-0.25, -0.2) is 0 Å². The van der Waals surface area contributed by atoms with Gasteiger partial charge in [0.15, 0.2) is 0 Å². The minimum absolute atomic E-state index is 0.351. The van der Waals surface area contributed by atoms with E-state index in [1.807, 2.05) is 42.5 Å². The molecule has 28 heavy (non-hydrogen) atoms. The summed E-state index contributed by atoms with van der Waals surface area (Å²) in [7, 11) is 1.61. The molecule has 2 aromatic carbocycles. The third kappa shape index (κ3) is 1.81. The highest BCUT2D eigenvalue weighted by molar-refractivity contribution is 6.51. The van der Waals surface area contributed by atoms with Crippen LogP contribution in [0.15, 0.2) is 42.5 Å². The van der Waals surface area contributed by atoms with Gasteiger partial charge in [0.2, 0.25) is 0 Å². The predicted octanol–water partition coefficient (Wildman–Crippen LogP) is 3.13. The number of nitrogens with one attached hydrogen (secondary N) is 3. The number of rotatable bonds is 1. The fourth-order valence-electron chi connectivity index (χ4n) is 4.50. The zero-order valence-corrected chi connectivity index (χ0v) is 15.0. The lowest BCUT2D eigenvalue weighted by Gasteiger charge is -2.04. The summed E-state index contributed by atoms with van der Waals surface area (Å²) in [6.07, 6.45) is 0.573. The number of hydrogen-bond donors (Lipinski definition) is 3. The first-order valence-electron chi connectivity index (χ1n) is 9.04. The number of ether oxygens (including phenoxy) is 1. The second-order valence-electron chi connectivity index (χ2n) is 7.12. The predicted molar refractivity (Wildman–Crippen MR) is 106 cm³/mol. The Hall–Kier alpha value is -3.80. The first-order chi connectivity index (χ1) is 13.7. The molecule has 6 nitrogen and oxygen atoms in total. The Morgan fingerprint density at radius 3 is 2.18 bits per heavy atom. The molecule has 1 aliphatic heterocycles. The monoisotopic (exact) mass is 369 g/mol. The van der Waals surface area contributed by atoms with Gasteiger partial charge in [-0.3, -0.25) is 14.9 Å². The maximum Gasteiger partial charge on any atom is 0.259 e. The quantitative estimate of drug-likeness (QED) is 0.451. The molecular formula is C22H15N3O3. The van der Waals surface area contributed by atoms with Crippen LogP contribution in [-0.2, 0) is 16.0 Å². The molecule has 3 heterocycles. The Morgan fingerprint density at radius 2 is 1.46 bits per heavy atom. The van der Waals surface area contributed by atoms with Crippen LogP contribution in [0.3, 0.4) is 0 Å². The smallest absolute Gasteiger partial charge is 0.259 e. The number of methoxy groups -OCH3 is 1. The van der Waals surface area contributed by atoms with Gasteiger partial charge in [0.25, 0.3) is 11.8 Å². The van der Waals surface area contributed by atoms with E-state index in [2.05, 4.69) is 15.3 Å². The van der Waals surface area contributed by atoms with Crippen LogP contribution in [0.2, 0.25) is 0 Å². The minimum Gasteiger partial charge on any atom is -0.497 e. The number of para-hydroxylation sites is 1. The minimum atomic E-state index is -0.358. The van der Waals surface area contributed by atoms with Crippen LogP contribution in [0.25, 0.3) is 33.0 Å². The summed E-state index contributed by atoms with van der Waals surface area (Å²) in [5.41, 5.74) is 6.16. The maximum absolute atomic E-state index is 12.9. The van der Waals surface area contributed by atoms with Crippen LogP contribution in [0.1, 0.15) is 22.5 Å². The number of carbonyl (C=O) groups excluding carboxylic acids is 2. The molecule has 0 fully saturated rings. The number of benzene rings is 2. The van der Waals surface area contributed by atoms with Crippen molar-refractivity contribution in [1.29, 1.82) is 0 Å². The molecule has 0 spiro atoms. The molecule has 1 aliphatic carbocycles. The first kappa shape index (κ1) is 15.3. The van der Waals surface area contributed by atoms with E-state index in [0.29, 0.717) is 23.3 Å². The molecule has 0 unspecified atom stereocenters. The van der Waals surface area contributed by atoms with Crippen LogP contribution in [0.5, 0.6) is 5.75 Å². The SMILES string of the molecule is COc1ccc2[nH]c3c(c2c1)C1=C(C(=O)NC1=O)c1c([nH]c2ccccc12)C3. The van der Waals surface area contributed by atoms with Crippen molar-refractivity contribution in [2.75, 3.05) is 7.11 Å². The highest BCUT2D eigenvalue weighted by atomic mass is 16.5. The lowest BCUT2D eigenvalue weighted by atomic mass is 9.95. The molecule has 0 saturated heterocycles. The third-order valence-electron chi connectivity index (χ3n) is 5.65. The fourth-order valence-corrected chi connectivity index (χ4v) is 4.50. The van der Waals surface area contributed by atoms with Crippen LogP contribution < -0.4 is 10.1 Å². The number of carbonyl (C=O) groups is 2. The largest absolute Gasteiger partial charge is 0.497 e. The van der Waals surface area contributed by atoms with Crippen molar-refractivity contribution in [2.24, 2.45) is 0 Å². The average Bonchev–Trinajstić information content (AvgIpc) is 3.28. The molecule has 0 atom stereocenters. The van der Waals surface area contributed by atoms with Gasteiger partial charge in [0.1, 0.15) is 5.75 Å². The number of fused-ring (bicyclic) bond motifs is 8. The van der Waals surface area contributed by atoms with Gasteiger partial charge in [-0.1, -0.05) is 18.2 Å². The molecule has 6 rings (SSSR count). The van der Waals surface area contributed by atoms with Crippen molar-refractivity contribution >= 4 is 44.8 Å². The molecule has 6 heteroatoms. The Bertz CT molecular complexity index is 1390. The van der Waals surface area contributed by atoms with Gasteiger partial charge in [0.05, 0.1) is 18.3 Å². The van der Waals surface area contributed by atoms with Gasteiger partial charge in [-0.15, -0.1) is 0 Å². The summed E-state index contributed by atoms with van der Waals surface area (Å²) < 4.78 is 5.37. The Balaban J connectivity index is 1.78. The molecule has 136 valence electrons. The van der Waals surface area contributed by atoms with Crippen molar-refractivity contribution in [3.63, 3.8) is 0 Å². The summed E-state index contributed by atoms with van der Waals surface area (Å²) in [4.78, 5) is 32.6. The number of amides is 2.